The minimum absolute atomic E-state index is 0. The Morgan fingerprint density at radius 2 is 1.08 bits per heavy atom. The number of nitrogens with one attached hydrogen (secondary N) is 1. The third-order valence-corrected chi connectivity index (χ3v) is 9.94. The van der Waals surface area contributed by atoms with Crippen LogP contribution in [0.15, 0.2) is 152 Å². The molecule has 0 radical (unpaired) electrons. The molecule has 0 aliphatic rings. The first-order chi connectivity index (χ1) is 24.8. The van der Waals surface area contributed by atoms with Crippen molar-refractivity contribution >= 4 is 43.4 Å². The van der Waals surface area contributed by atoms with Crippen LogP contribution in [0.4, 0.5) is 0 Å². The molecule has 9 rings (SSSR count). The van der Waals surface area contributed by atoms with Crippen LogP contribution >= 0.6 is 0 Å². The molecule has 6 aromatic carbocycles. The fraction of sp³-hybridized carbons (Fsp3) is 0.0851. The topological polar surface area (TPSA) is 63.0 Å². The van der Waals surface area contributed by atoms with Crippen molar-refractivity contribution in [3.8, 4) is 50.6 Å². The fourth-order valence-electron chi connectivity index (χ4n) is 7.35. The van der Waals surface area contributed by atoms with Crippen LogP contribution in [-0.2, 0) is 5.41 Å². The molecule has 4 nitrogen and oxygen atoms in total. The van der Waals surface area contributed by atoms with Gasteiger partial charge in [0.05, 0.1) is 11.4 Å². The Balaban J connectivity index is 0.00000387. The molecule has 0 fully saturated rings. The standard InChI is InChI=1S/C47H35N3O.Li/c1-47(2,3)42-18-10-16-40(48-42)44-35-13-6-4-11-33(35)43(34-12-5-7-14-36(34)44)30-21-19-29(20-22-30)38-27-25-31-23-24-32-26-28-39(50-46(32)45(31)49-38)37-15-8-9-17-41(37)51;/h4-28,51H,1-3H3;/q;+1. The van der Waals surface area contributed by atoms with Crippen LogP contribution in [-0.4, -0.2) is 9.97 Å². The van der Waals surface area contributed by atoms with E-state index in [1.54, 1.807) is 12.1 Å². The van der Waals surface area contributed by atoms with Gasteiger partial charge in [-0.15, -0.1) is 0 Å². The van der Waals surface area contributed by atoms with Crippen molar-refractivity contribution in [2.24, 2.45) is 0 Å². The van der Waals surface area contributed by atoms with Crippen LogP contribution in [0.25, 0.3) is 88.2 Å². The SMILES string of the molecule is CC(C)(C)c1cccc(-c2c3ccccc3c(-c3ccc(-c4ccc5ccc6ccc(-c7ccccc7[O-])[nH+]c6c5n4)cc3)c3ccccc23)n1.[Li+]. The average molecular weight is 665 g/mol. The minimum atomic E-state index is -0.0542. The van der Waals surface area contributed by atoms with Gasteiger partial charge in [0.1, 0.15) is 5.52 Å². The van der Waals surface area contributed by atoms with Gasteiger partial charge in [-0.2, -0.15) is 0 Å². The molecule has 0 spiro atoms. The van der Waals surface area contributed by atoms with E-state index in [-0.39, 0.29) is 30.0 Å². The van der Waals surface area contributed by atoms with Crippen molar-refractivity contribution in [3.05, 3.63) is 157 Å². The monoisotopic (exact) mass is 664 g/mol. The minimum Gasteiger partial charge on any atom is -0.872 e. The quantitative estimate of drug-likeness (QED) is 0.109. The van der Waals surface area contributed by atoms with Gasteiger partial charge in [0.25, 0.3) is 0 Å². The summed E-state index contributed by atoms with van der Waals surface area (Å²) in [6.07, 6.45) is 0. The average Bonchev–Trinajstić information content (AvgIpc) is 3.16. The summed E-state index contributed by atoms with van der Waals surface area (Å²) in [5, 5.41) is 19.5. The maximum atomic E-state index is 12.6. The van der Waals surface area contributed by atoms with E-state index in [1.165, 1.54) is 32.7 Å². The van der Waals surface area contributed by atoms with Crippen molar-refractivity contribution in [1.29, 1.82) is 0 Å². The number of aromatic amines is 1. The molecule has 3 heterocycles. The molecule has 0 saturated heterocycles. The van der Waals surface area contributed by atoms with Gasteiger partial charge in [-0.25, -0.2) is 9.97 Å². The molecule has 0 bridgehead atoms. The Labute approximate surface area is 315 Å². The molecule has 0 atom stereocenters. The molecule has 1 N–H and O–H groups in total. The predicted octanol–water partition coefficient (Wildman–Crippen LogP) is 7.95. The van der Waals surface area contributed by atoms with Gasteiger partial charge in [-0.3, -0.25) is 4.98 Å². The number of para-hydroxylation sites is 1. The first-order valence-electron chi connectivity index (χ1n) is 17.4. The third-order valence-electron chi connectivity index (χ3n) is 9.94. The molecule has 0 unspecified atom stereocenters. The number of rotatable bonds is 4. The zero-order chi connectivity index (χ0) is 34.7. The number of hydrogen-bond donors (Lipinski definition) is 0. The molecule has 0 aliphatic heterocycles. The molecule has 244 valence electrons. The number of benzene rings is 6. The summed E-state index contributed by atoms with van der Waals surface area (Å²) in [5.41, 5.74) is 10.7. The first kappa shape index (κ1) is 33.4. The normalized spacial score (nSPS) is 11.7. The van der Waals surface area contributed by atoms with Crippen LogP contribution in [0, 0.1) is 0 Å². The zero-order valence-electron chi connectivity index (χ0n) is 29.7. The second kappa shape index (κ2) is 13.1. The summed E-state index contributed by atoms with van der Waals surface area (Å²) in [6, 6.07) is 52.1. The van der Waals surface area contributed by atoms with Gasteiger partial charge in [0.15, 0.2) is 0 Å². The molecule has 0 amide bonds. The summed E-state index contributed by atoms with van der Waals surface area (Å²) < 4.78 is 0. The molecular formula is C47H35LiN3O+. The van der Waals surface area contributed by atoms with Gasteiger partial charge in [-0.1, -0.05) is 136 Å². The van der Waals surface area contributed by atoms with Crippen LogP contribution in [0.5, 0.6) is 5.75 Å². The predicted molar refractivity (Wildman–Crippen MR) is 209 cm³/mol. The molecule has 0 aliphatic carbocycles. The molecule has 52 heavy (non-hydrogen) atoms. The second-order valence-corrected chi connectivity index (χ2v) is 14.2. The Kier molecular flexibility index (Phi) is 8.39. The van der Waals surface area contributed by atoms with Crippen molar-refractivity contribution in [1.82, 2.24) is 9.97 Å². The van der Waals surface area contributed by atoms with E-state index >= 15 is 0 Å². The van der Waals surface area contributed by atoms with E-state index in [0.717, 1.165) is 55.7 Å². The Bertz CT molecular complexity index is 2750. The van der Waals surface area contributed by atoms with Gasteiger partial charge in [-0.05, 0) is 69.1 Å². The maximum absolute atomic E-state index is 12.6. The largest absolute Gasteiger partial charge is 1.00 e. The van der Waals surface area contributed by atoms with Crippen LogP contribution in [0.2, 0.25) is 0 Å². The van der Waals surface area contributed by atoms with Gasteiger partial charge < -0.3 is 5.11 Å². The summed E-state index contributed by atoms with van der Waals surface area (Å²) >= 11 is 0. The summed E-state index contributed by atoms with van der Waals surface area (Å²) in [6.45, 7) is 6.63. The van der Waals surface area contributed by atoms with Crippen molar-refractivity contribution < 1.29 is 29.0 Å². The van der Waals surface area contributed by atoms with Crippen LogP contribution in [0.1, 0.15) is 26.5 Å². The Morgan fingerprint density at radius 1 is 0.500 bits per heavy atom. The molecule has 3 aromatic heterocycles. The third kappa shape index (κ3) is 5.71. The molecule has 0 saturated carbocycles. The molecular weight excluding hydrogens is 629 g/mol. The molecule has 9 aromatic rings. The second-order valence-electron chi connectivity index (χ2n) is 14.2. The Hall–Kier alpha value is -5.79. The van der Waals surface area contributed by atoms with E-state index in [9.17, 15) is 5.11 Å². The van der Waals surface area contributed by atoms with Gasteiger partial charge in [0.2, 0.25) is 11.2 Å². The number of hydrogen-bond acceptors (Lipinski definition) is 3. The van der Waals surface area contributed by atoms with Crippen LogP contribution < -0.4 is 29.0 Å². The smallest absolute Gasteiger partial charge is 0.872 e. The number of nitrogens with zero attached hydrogens (tertiary/aromatic N) is 2. The first-order valence-corrected chi connectivity index (χ1v) is 17.4. The zero-order valence-corrected chi connectivity index (χ0v) is 29.7. The van der Waals surface area contributed by atoms with Crippen molar-refractivity contribution in [2.45, 2.75) is 26.2 Å². The number of pyridine rings is 3. The van der Waals surface area contributed by atoms with Gasteiger partial charge in [0, 0.05) is 44.6 Å². The summed E-state index contributed by atoms with van der Waals surface area (Å²) in [4.78, 5) is 13.9. The summed E-state index contributed by atoms with van der Waals surface area (Å²) in [5.74, 6) is -0.0105. The van der Waals surface area contributed by atoms with Crippen molar-refractivity contribution in [2.75, 3.05) is 0 Å². The van der Waals surface area contributed by atoms with Gasteiger partial charge >= 0.3 is 18.9 Å². The number of H-pyrrole nitrogens is 1. The van der Waals surface area contributed by atoms with E-state index in [1.807, 2.05) is 24.3 Å². The number of aromatic nitrogens is 3. The van der Waals surface area contributed by atoms with E-state index < -0.39 is 0 Å². The van der Waals surface area contributed by atoms with E-state index in [0.29, 0.717) is 5.56 Å². The maximum Gasteiger partial charge on any atom is 1.00 e. The fourth-order valence-corrected chi connectivity index (χ4v) is 7.35. The van der Waals surface area contributed by atoms with Crippen molar-refractivity contribution in [3.63, 3.8) is 0 Å². The molecule has 5 heteroatoms. The summed E-state index contributed by atoms with van der Waals surface area (Å²) in [7, 11) is 0. The van der Waals surface area contributed by atoms with E-state index in [4.69, 9.17) is 9.97 Å². The van der Waals surface area contributed by atoms with Crippen LogP contribution in [0.3, 0.4) is 0 Å². The number of fused-ring (bicyclic) bond motifs is 5. The Morgan fingerprint density at radius 3 is 1.75 bits per heavy atom. The van der Waals surface area contributed by atoms with E-state index in [2.05, 4.69) is 141 Å².